The predicted molar refractivity (Wildman–Crippen MR) is 132 cm³/mol. The molecule has 0 atom stereocenters. The molecule has 0 bridgehead atoms. The second-order valence-electron chi connectivity index (χ2n) is 8.36. The van der Waals surface area contributed by atoms with E-state index in [2.05, 4.69) is 5.32 Å². The molecule has 1 amide bonds. The molecule has 2 heterocycles. The van der Waals surface area contributed by atoms with E-state index in [0.717, 1.165) is 29.4 Å². The summed E-state index contributed by atoms with van der Waals surface area (Å²) in [6.45, 7) is 1.43. The number of aromatic nitrogens is 2. The molecule has 0 spiro atoms. The first-order valence-corrected chi connectivity index (χ1v) is 11.3. The van der Waals surface area contributed by atoms with E-state index in [-0.39, 0.29) is 11.5 Å². The maximum Gasteiger partial charge on any atom is 0.332 e. The first kappa shape index (κ1) is 23.2. The average molecular weight is 464 g/mol. The highest BCUT2D eigenvalue weighted by Crippen LogP contribution is 2.21. The number of nitrogens with one attached hydrogen (secondary N) is 1. The lowest BCUT2D eigenvalue weighted by Crippen LogP contribution is -2.46. The van der Waals surface area contributed by atoms with Crippen molar-refractivity contribution in [1.29, 1.82) is 0 Å². The molecular weight excluding hydrogens is 434 g/mol. The minimum Gasteiger partial charge on any atom is -0.489 e. The Morgan fingerprint density at radius 2 is 1.68 bits per heavy atom. The summed E-state index contributed by atoms with van der Waals surface area (Å²) in [6, 6.07) is 16.7. The lowest BCUT2D eigenvalue weighted by atomic mass is 10.1. The van der Waals surface area contributed by atoms with Crippen molar-refractivity contribution < 1.29 is 9.53 Å². The van der Waals surface area contributed by atoms with Crippen molar-refractivity contribution in [1.82, 2.24) is 9.13 Å². The molecule has 3 N–H and O–H groups in total. The molecule has 0 aliphatic carbocycles. The van der Waals surface area contributed by atoms with E-state index >= 15 is 0 Å². The maximum absolute atomic E-state index is 13.1. The molecule has 9 nitrogen and oxygen atoms in total. The van der Waals surface area contributed by atoms with Crippen molar-refractivity contribution in [2.45, 2.75) is 32.4 Å². The largest absolute Gasteiger partial charge is 0.489 e. The van der Waals surface area contributed by atoms with Gasteiger partial charge in [0, 0.05) is 25.8 Å². The van der Waals surface area contributed by atoms with Gasteiger partial charge in [0.05, 0.1) is 0 Å². The van der Waals surface area contributed by atoms with Crippen LogP contribution in [0.5, 0.6) is 5.75 Å². The Kier molecular flexibility index (Phi) is 7.01. The molecule has 0 radical (unpaired) electrons. The van der Waals surface area contributed by atoms with Gasteiger partial charge in [-0.15, -0.1) is 0 Å². The van der Waals surface area contributed by atoms with Crippen LogP contribution in [0.1, 0.15) is 24.8 Å². The molecule has 2 aromatic carbocycles. The highest BCUT2D eigenvalue weighted by molar-refractivity contribution is 5.90. The molecule has 1 saturated heterocycles. The predicted octanol–water partition coefficient (Wildman–Crippen LogP) is 2.34. The molecule has 1 aliphatic heterocycles. The van der Waals surface area contributed by atoms with Crippen molar-refractivity contribution in [3.05, 3.63) is 81.0 Å². The topological polar surface area (TPSA) is 112 Å². The standard InChI is InChI=1S/C25H29N5O4/c1-28-23(26)22(29-14-6-3-7-15-29)24(32)30(25(28)33)16-21(31)27-19-10-12-20(13-11-19)34-17-18-8-4-2-5-9-18/h2,4-5,8-13H,3,6-7,14-17,26H2,1H3,(H,27,31). The number of nitrogens with two attached hydrogens (primary N) is 1. The van der Waals surface area contributed by atoms with Gasteiger partial charge in [-0.05, 0) is 49.1 Å². The zero-order valence-corrected chi connectivity index (χ0v) is 19.2. The summed E-state index contributed by atoms with van der Waals surface area (Å²) in [6.07, 6.45) is 3.00. The Morgan fingerprint density at radius 3 is 2.35 bits per heavy atom. The summed E-state index contributed by atoms with van der Waals surface area (Å²) in [5.41, 5.74) is 6.83. The zero-order valence-electron chi connectivity index (χ0n) is 19.2. The molecule has 4 rings (SSSR count). The highest BCUT2D eigenvalue weighted by Gasteiger charge is 2.23. The highest BCUT2D eigenvalue weighted by atomic mass is 16.5. The molecule has 178 valence electrons. The fourth-order valence-corrected chi connectivity index (χ4v) is 4.04. The number of carbonyl (C=O) groups is 1. The molecule has 1 aliphatic rings. The van der Waals surface area contributed by atoms with Gasteiger partial charge in [0.15, 0.2) is 0 Å². The number of piperidine rings is 1. The molecular formula is C25H29N5O4. The number of nitrogen functional groups attached to an aromatic ring is 1. The second kappa shape index (κ2) is 10.3. The normalized spacial score (nSPS) is 13.5. The van der Waals surface area contributed by atoms with E-state index in [1.807, 2.05) is 35.2 Å². The average Bonchev–Trinajstić information content (AvgIpc) is 2.86. The number of nitrogens with zero attached hydrogens (tertiary/aromatic N) is 3. The number of hydrogen-bond donors (Lipinski definition) is 2. The van der Waals surface area contributed by atoms with Crippen molar-refractivity contribution >= 4 is 23.1 Å². The summed E-state index contributed by atoms with van der Waals surface area (Å²) in [7, 11) is 1.51. The van der Waals surface area contributed by atoms with Gasteiger partial charge < -0.3 is 20.7 Å². The summed E-state index contributed by atoms with van der Waals surface area (Å²) in [5, 5.41) is 2.73. The Bertz CT molecular complexity index is 1260. The van der Waals surface area contributed by atoms with E-state index in [4.69, 9.17) is 10.5 Å². The van der Waals surface area contributed by atoms with E-state index < -0.39 is 23.7 Å². The zero-order chi connectivity index (χ0) is 24.1. The van der Waals surface area contributed by atoms with E-state index in [9.17, 15) is 14.4 Å². The summed E-state index contributed by atoms with van der Waals surface area (Å²) >= 11 is 0. The maximum atomic E-state index is 13.1. The Hall–Kier alpha value is -4.01. The second-order valence-corrected chi connectivity index (χ2v) is 8.36. The van der Waals surface area contributed by atoms with Crippen LogP contribution in [0.2, 0.25) is 0 Å². The first-order valence-electron chi connectivity index (χ1n) is 11.3. The van der Waals surface area contributed by atoms with Crippen LogP contribution in [0.4, 0.5) is 17.2 Å². The van der Waals surface area contributed by atoms with Crippen LogP contribution in [-0.4, -0.2) is 28.1 Å². The summed E-state index contributed by atoms with van der Waals surface area (Å²) in [5.74, 6) is 0.308. The molecule has 1 aromatic heterocycles. The summed E-state index contributed by atoms with van der Waals surface area (Å²) < 4.78 is 7.91. The monoisotopic (exact) mass is 463 g/mol. The van der Waals surface area contributed by atoms with Gasteiger partial charge in [0.25, 0.3) is 5.56 Å². The van der Waals surface area contributed by atoms with Crippen LogP contribution in [-0.2, 0) is 25.0 Å². The van der Waals surface area contributed by atoms with E-state index in [1.165, 1.54) is 11.6 Å². The fourth-order valence-electron chi connectivity index (χ4n) is 4.04. The lowest BCUT2D eigenvalue weighted by molar-refractivity contribution is -0.116. The third kappa shape index (κ3) is 5.14. The third-order valence-corrected chi connectivity index (χ3v) is 5.93. The number of carbonyl (C=O) groups excluding carboxylic acids is 1. The van der Waals surface area contributed by atoms with Crippen LogP contribution in [0, 0.1) is 0 Å². The molecule has 3 aromatic rings. The Labute approximate surface area is 197 Å². The van der Waals surface area contributed by atoms with Gasteiger partial charge in [0.2, 0.25) is 5.91 Å². The van der Waals surface area contributed by atoms with Crippen LogP contribution in [0.15, 0.2) is 64.2 Å². The molecule has 0 saturated carbocycles. The third-order valence-electron chi connectivity index (χ3n) is 5.93. The number of rotatable bonds is 7. The van der Waals surface area contributed by atoms with Crippen LogP contribution < -0.4 is 31.9 Å². The van der Waals surface area contributed by atoms with Gasteiger partial charge in [-0.3, -0.25) is 14.2 Å². The van der Waals surface area contributed by atoms with Gasteiger partial charge >= 0.3 is 5.69 Å². The molecule has 0 unspecified atom stereocenters. The van der Waals surface area contributed by atoms with E-state index in [0.29, 0.717) is 31.1 Å². The minimum atomic E-state index is -0.622. The number of ether oxygens (including phenoxy) is 1. The van der Waals surface area contributed by atoms with Gasteiger partial charge in [-0.25, -0.2) is 9.36 Å². The minimum absolute atomic E-state index is 0.125. The van der Waals surface area contributed by atoms with Crippen LogP contribution in [0.25, 0.3) is 0 Å². The Balaban J connectivity index is 1.45. The van der Waals surface area contributed by atoms with Gasteiger partial charge in [0.1, 0.15) is 30.4 Å². The number of anilines is 3. The molecule has 34 heavy (non-hydrogen) atoms. The fraction of sp³-hybridized carbons (Fsp3) is 0.320. The summed E-state index contributed by atoms with van der Waals surface area (Å²) in [4.78, 5) is 40.4. The quantitative estimate of drug-likeness (QED) is 0.556. The van der Waals surface area contributed by atoms with Crippen molar-refractivity contribution in [3.63, 3.8) is 0 Å². The number of amides is 1. The first-order chi connectivity index (χ1) is 16.4. The molecule has 1 fully saturated rings. The van der Waals surface area contributed by atoms with Gasteiger partial charge in [-0.1, -0.05) is 30.3 Å². The van der Waals surface area contributed by atoms with Crippen LogP contribution >= 0.6 is 0 Å². The van der Waals surface area contributed by atoms with Gasteiger partial charge in [-0.2, -0.15) is 0 Å². The Morgan fingerprint density at radius 1 is 1.00 bits per heavy atom. The van der Waals surface area contributed by atoms with E-state index in [1.54, 1.807) is 24.3 Å². The van der Waals surface area contributed by atoms with Crippen molar-refractivity contribution in [2.75, 3.05) is 29.0 Å². The smallest absolute Gasteiger partial charge is 0.332 e. The number of hydrogen-bond acceptors (Lipinski definition) is 6. The SMILES string of the molecule is Cn1c(N)c(N2CCCCC2)c(=O)n(CC(=O)Nc2ccc(OCc3ccccc3)cc2)c1=O. The molecule has 9 heteroatoms. The van der Waals surface area contributed by atoms with Crippen molar-refractivity contribution in [3.8, 4) is 5.75 Å². The van der Waals surface area contributed by atoms with Crippen LogP contribution in [0.3, 0.4) is 0 Å². The number of benzene rings is 2. The van der Waals surface area contributed by atoms with Crippen molar-refractivity contribution in [2.24, 2.45) is 7.05 Å². The lowest BCUT2D eigenvalue weighted by Gasteiger charge is -2.29.